The van der Waals surface area contributed by atoms with Crippen molar-refractivity contribution in [3.05, 3.63) is 88.5 Å². The molecule has 0 bridgehead atoms. The van der Waals surface area contributed by atoms with Gasteiger partial charge in [0, 0.05) is 50.5 Å². The van der Waals surface area contributed by atoms with Gasteiger partial charge in [0.25, 0.3) is 0 Å². The lowest BCUT2D eigenvalue weighted by Gasteiger charge is -2.29. The van der Waals surface area contributed by atoms with Crippen molar-refractivity contribution in [3.63, 3.8) is 0 Å². The molecule has 2 aliphatic rings. The Morgan fingerprint density at radius 1 is 1.08 bits per heavy atom. The highest BCUT2D eigenvalue weighted by Crippen LogP contribution is 2.28. The van der Waals surface area contributed by atoms with Crippen molar-refractivity contribution >= 4 is 17.5 Å². The Hall–Kier alpha value is -3.34. The number of hydrogen-bond donors (Lipinski definition) is 1. The van der Waals surface area contributed by atoms with Crippen LogP contribution >= 0.6 is 11.6 Å². The summed E-state index contributed by atoms with van der Waals surface area (Å²) in [6.45, 7) is 4.20. The molecule has 3 heterocycles. The molecule has 5 rings (SSSR count). The topological polar surface area (TPSA) is 77.2 Å². The summed E-state index contributed by atoms with van der Waals surface area (Å²) in [7, 11) is 0. The van der Waals surface area contributed by atoms with E-state index < -0.39 is 6.04 Å². The van der Waals surface area contributed by atoms with Crippen LogP contribution < -0.4 is 5.32 Å². The maximum atomic E-state index is 13.8. The molecule has 0 saturated carbocycles. The Kier molecular flexibility index (Phi) is 7.55. The van der Waals surface area contributed by atoms with E-state index in [0.29, 0.717) is 30.6 Å². The smallest absolute Gasteiger partial charge is 0.244 e. The number of carbonyl (C=O) groups excluding carboxylic acids is 1. The number of amides is 1. The minimum atomic E-state index is -0.437. The number of hydrogen-bond acceptors (Lipinski definition) is 5. The zero-order valence-electron chi connectivity index (χ0n) is 20.3. The van der Waals surface area contributed by atoms with Gasteiger partial charge in [0.05, 0.1) is 12.0 Å². The van der Waals surface area contributed by atoms with Crippen LogP contribution in [-0.2, 0) is 30.8 Å². The first-order valence-electron chi connectivity index (χ1n) is 12.6. The van der Waals surface area contributed by atoms with Gasteiger partial charge >= 0.3 is 0 Å². The van der Waals surface area contributed by atoms with Crippen molar-refractivity contribution in [1.82, 2.24) is 24.7 Å². The van der Waals surface area contributed by atoms with Gasteiger partial charge in [-0.05, 0) is 47.9 Å². The van der Waals surface area contributed by atoms with Crippen LogP contribution in [0.2, 0.25) is 5.02 Å². The molecule has 2 aromatic carbocycles. The highest BCUT2D eigenvalue weighted by molar-refractivity contribution is 6.31. The molecule has 0 radical (unpaired) electrons. The fraction of sp³-hybridized carbons (Fsp3) is 0.393. The summed E-state index contributed by atoms with van der Waals surface area (Å²) in [5.41, 5.74) is 4.25. The largest absolute Gasteiger partial charge is 0.336 e. The second-order valence-electron chi connectivity index (χ2n) is 9.68. The van der Waals surface area contributed by atoms with Gasteiger partial charge in [-0.25, -0.2) is 4.98 Å². The highest BCUT2D eigenvalue weighted by atomic mass is 35.5. The lowest BCUT2D eigenvalue weighted by molar-refractivity contribution is -0.134. The van der Waals surface area contributed by atoms with E-state index in [2.05, 4.69) is 33.2 Å². The van der Waals surface area contributed by atoms with Gasteiger partial charge in [-0.1, -0.05) is 54.1 Å². The molecule has 1 aromatic heterocycles. The lowest BCUT2D eigenvalue weighted by Crippen LogP contribution is -2.40. The standard InChI is InChI=1S/C28H31ClN6O/c29-26-8-4-2-6-23(26)18-34-14-11-22-5-1-3-7-25(22)27(28(34)36)32-16-24-15-31-20-35(24)17-21-9-12-33(19-30)13-10-21/h1-8,15,20-21,27,32H,9-14,16-18H2. The van der Waals surface area contributed by atoms with Crippen molar-refractivity contribution in [1.29, 1.82) is 5.26 Å². The predicted molar refractivity (Wildman–Crippen MR) is 139 cm³/mol. The van der Waals surface area contributed by atoms with Crippen LogP contribution in [0.5, 0.6) is 0 Å². The van der Waals surface area contributed by atoms with E-state index >= 15 is 0 Å². The molecule has 1 fully saturated rings. The molecule has 1 atom stereocenters. The second kappa shape index (κ2) is 11.2. The third-order valence-electron chi connectivity index (χ3n) is 7.39. The van der Waals surface area contributed by atoms with Crippen molar-refractivity contribution < 1.29 is 4.79 Å². The number of imidazole rings is 1. The van der Waals surface area contributed by atoms with Gasteiger partial charge in [-0.2, -0.15) is 5.26 Å². The quantitative estimate of drug-likeness (QED) is 0.491. The molecule has 2 aliphatic heterocycles. The van der Waals surface area contributed by atoms with Crippen molar-refractivity contribution in [2.75, 3.05) is 19.6 Å². The van der Waals surface area contributed by atoms with Gasteiger partial charge in [0.15, 0.2) is 6.19 Å². The summed E-state index contributed by atoms with van der Waals surface area (Å²) in [6.07, 6.45) is 8.83. The van der Waals surface area contributed by atoms with Crippen molar-refractivity contribution in [2.24, 2.45) is 5.92 Å². The van der Waals surface area contributed by atoms with Gasteiger partial charge < -0.3 is 14.4 Å². The summed E-state index contributed by atoms with van der Waals surface area (Å²) in [5, 5.41) is 13.4. The normalized spacial score (nSPS) is 18.6. The summed E-state index contributed by atoms with van der Waals surface area (Å²) in [6, 6.07) is 15.5. The lowest BCUT2D eigenvalue weighted by atomic mass is 9.97. The first-order valence-corrected chi connectivity index (χ1v) is 13.0. The van der Waals surface area contributed by atoms with Crippen LogP contribution in [0.4, 0.5) is 0 Å². The van der Waals surface area contributed by atoms with E-state index in [1.54, 1.807) is 0 Å². The molecule has 8 heteroatoms. The van der Waals surface area contributed by atoms with Crippen LogP contribution in [0.3, 0.4) is 0 Å². The molecule has 1 unspecified atom stereocenters. The molecule has 7 nitrogen and oxygen atoms in total. The van der Waals surface area contributed by atoms with Gasteiger partial charge in [-0.3, -0.25) is 10.1 Å². The number of likely N-dealkylation sites (tertiary alicyclic amines) is 1. The number of benzene rings is 2. The Morgan fingerprint density at radius 2 is 1.86 bits per heavy atom. The summed E-state index contributed by atoms with van der Waals surface area (Å²) < 4.78 is 2.19. The third kappa shape index (κ3) is 5.40. The molecule has 3 aromatic rings. The Morgan fingerprint density at radius 3 is 2.67 bits per heavy atom. The zero-order valence-corrected chi connectivity index (χ0v) is 21.1. The van der Waals surface area contributed by atoms with Gasteiger partial charge in [0.1, 0.15) is 6.04 Å². The van der Waals surface area contributed by atoms with E-state index in [1.807, 2.05) is 58.7 Å². The number of nitrogens with one attached hydrogen (secondary N) is 1. The first kappa shape index (κ1) is 24.4. The molecule has 1 amide bonds. The number of rotatable bonds is 7. The van der Waals surface area contributed by atoms with E-state index in [1.165, 1.54) is 5.56 Å². The zero-order chi connectivity index (χ0) is 24.9. The van der Waals surface area contributed by atoms with Crippen LogP contribution in [0.25, 0.3) is 0 Å². The monoisotopic (exact) mass is 502 g/mol. The number of aromatic nitrogens is 2. The highest BCUT2D eigenvalue weighted by Gasteiger charge is 2.31. The van der Waals surface area contributed by atoms with E-state index in [-0.39, 0.29) is 5.91 Å². The number of carbonyl (C=O) groups is 1. The fourth-order valence-electron chi connectivity index (χ4n) is 5.27. The number of piperidine rings is 1. The Bertz CT molecular complexity index is 1240. The summed E-state index contributed by atoms with van der Waals surface area (Å²) >= 11 is 6.42. The van der Waals surface area contributed by atoms with Crippen LogP contribution in [-0.4, -0.2) is 44.9 Å². The molecular weight excluding hydrogens is 472 g/mol. The van der Waals surface area contributed by atoms with Crippen molar-refractivity contribution in [3.8, 4) is 6.19 Å². The SMILES string of the molecule is N#CN1CCC(Cn2cncc2CNC2C(=O)N(Cc3ccccc3Cl)CCc3ccccc32)CC1. The number of nitrogens with zero attached hydrogens (tertiary/aromatic N) is 5. The molecule has 0 aliphatic carbocycles. The van der Waals surface area contributed by atoms with Gasteiger partial charge in [-0.15, -0.1) is 0 Å². The third-order valence-corrected chi connectivity index (χ3v) is 7.76. The maximum Gasteiger partial charge on any atom is 0.244 e. The van der Waals surface area contributed by atoms with Crippen LogP contribution in [0, 0.1) is 17.4 Å². The molecule has 0 spiro atoms. The average Bonchev–Trinajstić information content (AvgIpc) is 3.30. The summed E-state index contributed by atoms with van der Waals surface area (Å²) in [5.74, 6) is 0.587. The van der Waals surface area contributed by atoms with E-state index in [0.717, 1.165) is 55.7 Å². The molecule has 1 saturated heterocycles. The maximum absolute atomic E-state index is 13.8. The summed E-state index contributed by atoms with van der Waals surface area (Å²) in [4.78, 5) is 22.0. The molecule has 186 valence electrons. The molecular formula is C28H31ClN6O. The Labute approximate surface area is 217 Å². The van der Waals surface area contributed by atoms with Crippen molar-refractivity contribution in [2.45, 2.75) is 44.9 Å². The predicted octanol–water partition coefficient (Wildman–Crippen LogP) is 4.15. The van der Waals surface area contributed by atoms with Gasteiger partial charge in [0.2, 0.25) is 5.91 Å². The molecule has 1 N–H and O–H groups in total. The minimum Gasteiger partial charge on any atom is -0.336 e. The van der Waals surface area contributed by atoms with Crippen LogP contribution in [0.15, 0.2) is 61.1 Å². The first-order chi connectivity index (χ1) is 17.6. The number of halogens is 1. The van der Waals surface area contributed by atoms with E-state index in [4.69, 9.17) is 16.9 Å². The number of nitriles is 1. The fourth-order valence-corrected chi connectivity index (χ4v) is 5.47. The number of fused-ring (bicyclic) bond motifs is 1. The van der Waals surface area contributed by atoms with Crippen LogP contribution in [0.1, 0.15) is 41.3 Å². The minimum absolute atomic E-state index is 0.0646. The Balaban J connectivity index is 1.31. The second-order valence-corrected chi connectivity index (χ2v) is 10.1. The molecule has 36 heavy (non-hydrogen) atoms. The average molecular weight is 503 g/mol. The van der Waals surface area contributed by atoms with E-state index in [9.17, 15) is 4.79 Å².